The highest BCUT2D eigenvalue weighted by Gasteiger charge is 2.21. The van der Waals surface area contributed by atoms with Gasteiger partial charge in [0.15, 0.2) is 0 Å². The summed E-state index contributed by atoms with van der Waals surface area (Å²) >= 11 is 6.21. The van der Waals surface area contributed by atoms with Crippen molar-refractivity contribution >= 4 is 17.7 Å². The average Bonchev–Trinajstić information content (AvgIpc) is 3.03. The molecule has 0 aliphatic heterocycles. The summed E-state index contributed by atoms with van der Waals surface area (Å²) in [4.78, 5) is 18.4. The summed E-state index contributed by atoms with van der Waals surface area (Å²) in [6.45, 7) is 0. The fourth-order valence-electron chi connectivity index (χ4n) is 2.69. The van der Waals surface area contributed by atoms with Gasteiger partial charge < -0.3 is 15.4 Å². The van der Waals surface area contributed by atoms with Crippen LogP contribution in [0.25, 0.3) is 11.3 Å². The number of nitrogens with one attached hydrogen (secondary N) is 2. The fourth-order valence-corrected chi connectivity index (χ4v) is 2.94. The third-order valence-corrected chi connectivity index (χ3v) is 4.22. The van der Waals surface area contributed by atoms with E-state index >= 15 is 0 Å². The standard InChI is InChI=1S/C19H14ClFN4O2/c20-17-16(12-6-7-13(10-22)14(21)9-12)24-18(25-17)15(23-19(26)27)8-11-4-2-1-3-5-11/h1-7,9,15,23H,8H2,(H,24,25)(H,26,27)/t15-/m0/s1. The quantitative estimate of drug-likeness (QED) is 0.610. The minimum absolute atomic E-state index is 0.0832. The molecule has 0 saturated carbocycles. The molecule has 0 fully saturated rings. The van der Waals surface area contributed by atoms with Gasteiger partial charge in [-0.1, -0.05) is 48.0 Å². The Morgan fingerprint density at radius 1 is 1.33 bits per heavy atom. The Kier molecular flexibility index (Phi) is 5.38. The molecule has 0 radical (unpaired) electrons. The third-order valence-electron chi connectivity index (χ3n) is 3.95. The van der Waals surface area contributed by atoms with Crippen molar-refractivity contribution in [2.75, 3.05) is 0 Å². The smallest absolute Gasteiger partial charge is 0.405 e. The number of halogens is 2. The molecule has 27 heavy (non-hydrogen) atoms. The van der Waals surface area contributed by atoms with Gasteiger partial charge in [0, 0.05) is 12.0 Å². The predicted molar refractivity (Wildman–Crippen MR) is 97.8 cm³/mol. The van der Waals surface area contributed by atoms with E-state index < -0.39 is 18.0 Å². The van der Waals surface area contributed by atoms with Crippen LogP contribution in [0.15, 0.2) is 48.5 Å². The Morgan fingerprint density at radius 3 is 2.70 bits per heavy atom. The largest absolute Gasteiger partial charge is 0.465 e. The molecular weight excluding hydrogens is 371 g/mol. The van der Waals surface area contributed by atoms with Gasteiger partial charge in [-0.2, -0.15) is 5.26 Å². The van der Waals surface area contributed by atoms with Crippen molar-refractivity contribution in [2.45, 2.75) is 12.5 Å². The minimum atomic E-state index is -1.20. The van der Waals surface area contributed by atoms with Crippen LogP contribution in [0.3, 0.4) is 0 Å². The number of amides is 1. The van der Waals surface area contributed by atoms with E-state index in [1.807, 2.05) is 30.3 Å². The Hall–Kier alpha value is -3.37. The molecule has 8 heteroatoms. The molecule has 6 nitrogen and oxygen atoms in total. The summed E-state index contributed by atoms with van der Waals surface area (Å²) in [5.74, 6) is -0.369. The Labute approximate surface area is 159 Å². The van der Waals surface area contributed by atoms with Gasteiger partial charge in [-0.3, -0.25) is 0 Å². The van der Waals surface area contributed by atoms with Crippen molar-refractivity contribution < 1.29 is 14.3 Å². The van der Waals surface area contributed by atoms with Crippen molar-refractivity contribution in [1.82, 2.24) is 15.3 Å². The maximum atomic E-state index is 13.9. The molecule has 2 aromatic carbocycles. The number of hydrogen-bond donors (Lipinski definition) is 3. The zero-order chi connectivity index (χ0) is 19.4. The minimum Gasteiger partial charge on any atom is -0.465 e. The van der Waals surface area contributed by atoms with Gasteiger partial charge in [-0.25, -0.2) is 14.2 Å². The van der Waals surface area contributed by atoms with Crippen LogP contribution in [-0.4, -0.2) is 21.2 Å². The van der Waals surface area contributed by atoms with Gasteiger partial charge in [-0.05, 0) is 17.7 Å². The second-order valence-corrected chi connectivity index (χ2v) is 6.16. The third kappa shape index (κ3) is 4.25. The predicted octanol–water partition coefficient (Wildman–Crippen LogP) is 4.29. The first-order valence-corrected chi connectivity index (χ1v) is 8.34. The molecule has 0 aliphatic rings. The van der Waals surface area contributed by atoms with E-state index in [1.165, 1.54) is 18.2 Å². The lowest BCUT2D eigenvalue weighted by Crippen LogP contribution is -2.29. The molecule has 3 aromatic rings. The highest BCUT2D eigenvalue weighted by Crippen LogP contribution is 2.29. The number of nitriles is 1. The van der Waals surface area contributed by atoms with Gasteiger partial charge in [-0.15, -0.1) is 0 Å². The number of H-pyrrole nitrogens is 1. The van der Waals surface area contributed by atoms with Crippen LogP contribution >= 0.6 is 11.6 Å². The summed E-state index contributed by atoms with van der Waals surface area (Å²) in [6.07, 6.45) is -0.840. The van der Waals surface area contributed by atoms with E-state index in [0.29, 0.717) is 17.8 Å². The molecule has 0 saturated heterocycles. The van der Waals surface area contributed by atoms with Gasteiger partial charge >= 0.3 is 6.09 Å². The number of carboxylic acid groups (broad SMARTS) is 1. The first-order valence-electron chi connectivity index (χ1n) is 7.96. The molecule has 1 aromatic heterocycles. The number of imidazole rings is 1. The number of rotatable bonds is 5. The van der Waals surface area contributed by atoms with E-state index in [9.17, 15) is 9.18 Å². The second-order valence-electron chi connectivity index (χ2n) is 5.78. The Balaban J connectivity index is 1.95. The maximum absolute atomic E-state index is 13.9. The van der Waals surface area contributed by atoms with Crippen molar-refractivity contribution in [3.63, 3.8) is 0 Å². The number of aromatic amines is 1. The van der Waals surface area contributed by atoms with Gasteiger partial charge in [0.25, 0.3) is 0 Å². The van der Waals surface area contributed by atoms with E-state index in [0.717, 1.165) is 5.56 Å². The Morgan fingerprint density at radius 2 is 2.07 bits per heavy atom. The lowest BCUT2D eigenvalue weighted by molar-refractivity contribution is 0.189. The van der Waals surface area contributed by atoms with E-state index in [-0.39, 0.29) is 16.4 Å². The summed E-state index contributed by atoms with van der Waals surface area (Å²) < 4.78 is 13.9. The number of benzene rings is 2. The molecule has 3 rings (SSSR count). The number of aromatic nitrogens is 2. The summed E-state index contributed by atoms with van der Waals surface area (Å²) in [5.41, 5.74) is 1.49. The van der Waals surface area contributed by atoms with Crippen LogP contribution in [0, 0.1) is 17.1 Å². The van der Waals surface area contributed by atoms with Crippen LogP contribution in [0.4, 0.5) is 9.18 Å². The molecule has 136 valence electrons. The normalized spacial score (nSPS) is 11.6. The lowest BCUT2D eigenvalue weighted by Gasteiger charge is -2.14. The van der Waals surface area contributed by atoms with Gasteiger partial charge in [0.1, 0.15) is 28.6 Å². The fraction of sp³-hybridized carbons (Fsp3) is 0.105. The number of hydrogen-bond acceptors (Lipinski definition) is 3. The van der Waals surface area contributed by atoms with Crippen molar-refractivity contribution in [3.8, 4) is 17.3 Å². The van der Waals surface area contributed by atoms with Crippen molar-refractivity contribution in [2.24, 2.45) is 0 Å². The van der Waals surface area contributed by atoms with Crippen LogP contribution in [0.1, 0.15) is 23.0 Å². The van der Waals surface area contributed by atoms with Gasteiger partial charge in [0.2, 0.25) is 0 Å². The molecule has 1 heterocycles. The van der Waals surface area contributed by atoms with E-state index in [4.69, 9.17) is 22.0 Å². The SMILES string of the molecule is N#Cc1ccc(-c2nc([C@H](Cc3ccccc3)NC(=O)O)[nH]c2Cl)cc1F. The van der Waals surface area contributed by atoms with Crippen LogP contribution < -0.4 is 5.32 Å². The van der Waals surface area contributed by atoms with Crippen LogP contribution in [0.5, 0.6) is 0 Å². The van der Waals surface area contributed by atoms with Crippen molar-refractivity contribution in [1.29, 1.82) is 5.26 Å². The van der Waals surface area contributed by atoms with E-state index in [1.54, 1.807) is 6.07 Å². The van der Waals surface area contributed by atoms with E-state index in [2.05, 4.69) is 15.3 Å². The first-order chi connectivity index (χ1) is 13.0. The zero-order valence-electron chi connectivity index (χ0n) is 13.9. The molecule has 1 atom stereocenters. The average molecular weight is 385 g/mol. The topological polar surface area (TPSA) is 102 Å². The highest BCUT2D eigenvalue weighted by atomic mass is 35.5. The zero-order valence-corrected chi connectivity index (χ0v) is 14.7. The van der Waals surface area contributed by atoms with Crippen LogP contribution in [0.2, 0.25) is 5.15 Å². The molecule has 0 bridgehead atoms. The molecule has 0 aliphatic carbocycles. The van der Waals surface area contributed by atoms with Gasteiger partial charge in [0.05, 0.1) is 11.6 Å². The lowest BCUT2D eigenvalue weighted by atomic mass is 10.1. The highest BCUT2D eigenvalue weighted by molar-refractivity contribution is 6.31. The molecule has 0 spiro atoms. The first kappa shape index (κ1) is 18.4. The van der Waals surface area contributed by atoms with Crippen molar-refractivity contribution in [3.05, 3.63) is 76.5 Å². The molecule has 3 N–H and O–H groups in total. The monoisotopic (exact) mass is 384 g/mol. The number of carbonyl (C=O) groups is 1. The second kappa shape index (κ2) is 7.89. The summed E-state index contributed by atoms with van der Waals surface area (Å²) in [7, 11) is 0. The maximum Gasteiger partial charge on any atom is 0.405 e. The Bertz CT molecular complexity index is 1010. The number of nitrogens with zero attached hydrogens (tertiary/aromatic N) is 2. The molecule has 1 amide bonds. The van der Waals surface area contributed by atoms with Crippen LogP contribution in [-0.2, 0) is 6.42 Å². The summed E-state index contributed by atoms with van der Waals surface area (Å²) in [6, 6.07) is 14.4. The summed E-state index contributed by atoms with van der Waals surface area (Å²) in [5, 5.41) is 20.5. The molecular formula is C19H14ClFN4O2. The molecule has 0 unspecified atom stereocenters.